The summed E-state index contributed by atoms with van der Waals surface area (Å²) in [7, 11) is 0. The van der Waals surface area contributed by atoms with Crippen LogP contribution in [0.25, 0.3) is 11.1 Å². The summed E-state index contributed by atoms with van der Waals surface area (Å²) >= 11 is 3.39. The molecule has 0 heterocycles. The van der Waals surface area contributed by atoms with Crippen LogP contribution in [0.2, 0.25) is 0 Å². The standard InChI is InChI=1S/C14H11BrO/c15-9-11-6-7-14(13(8-11)10-16)12-4-2-1-3-5-12/h1-8,10H,9H2. The molecule has 0 radical (unpaired) electrons. The first-order valence-electron chi connectivity index (χ1n) is 5.04. The molecule has 0 aliphatic rings. The van der Waals surface area contributed by atoms with Gasteiger partial charge >= 0.3 is 0 Å². The summed E-state index contributed by atoms with van der Waals surface area (Å²) in [5, 5.41) is 0.767. The van der Waals surface area contributed by atoms with Crippen molar-refractivity contribution in [3.8, 4) is 11.1 Å². The fourth-order valence-corrected chi connectivity index (χ4v) is 2.02. The first kappa shape index (κ1) is 11.1. The van der Waals surface area contributed by atoms with Crippen molar-refractivity contribution >= 4 is 22.2 Å². The van der Waals surface area contributed by atoms with Gasteiger partial charge in [-0.15, -0.1) is 0 Å². The third-order valence-corrected chi connectivity index (χ3v) is 3.13. The van der Waals surface area contributed by atoms with Crippen molar-refractivity contribution in [1.29, 1.82) is 0 Å². The molecular formula is C14H11BrO. The molecule has 0 aliphatic carbocycles. The fraction of sp³-hybridized carbons (Fsp3) is 0.0714. The molecule has 2 heteroatoms. The first-order valence-corrected chi connectivity index (χ1v) is 6.17. The lowest BCUT2D eigenvalue weighted by Gasteiger charge is -2.06. The number of halogens is 1. The topological polar surface area (TPSA) is 17.1 Å². The average molecular weight is 275 g/mol. The summed E-state index contributed by atoms with van der Waals surface area (Å²) in [5.41, 5.74) is 3.91. The Hall–Kier alpha value is -1.41. The number of alkyl halides is 1. The van der Waals surface area contributed by atoms with E-state index in [1.165, 1.54) is 0 Å². The van der Waals surface area contributed by atoms with Gasteiger partial charge < -0.3 is 0 Å². The maximum atomic E-state index is 11.1. The Labute approximate surface area is 103 Å². The van der Waals surface area contributed by atoms with Crippen LogP contribution in [-0.4, -0.2) is 6.29 Å². The molecular weight excluding hydrogens is 264 g/mol. The summed E-state index contributed by atoms with van der Waals surface area (Å²) in [6, 6.07) is 15.9. The number of benzene rings is 2. The molecule has 2 rings (SSSR count). The van der Waals surface area contributed by atoms with Crippen molar-refractivity contribution in [2.24, 2.45) is 0 Å². The molecule has 0 unspecified atom stereocenters. The second-order valence-corrected chi connectivity index (χ2v) is 4.10. The van der Waals surface area contributed by atoms with E-state index in [0.717, 1.165) is 33.9 Å². The molecule has 0 aromatic heterocycles. The average Bonchev–Trinajstić information content (AvgIpc) is 2.39. The molecule has 1 nitrogen and oxygen atoms in total. The quantitative estimate of drug-likeness (QED) is 0.609. The number of carbonyl (C=O) groups is 1. The van der Waals surface area contributed by atoms with Crippen LogP contribution in [-0.2, 0) is 5.33 Å². The highest BCUT2D eigenvalue weighted by atomic mass is 79.9. The summed E-state index contributed by atoms with van der Waals surface area (Å²) < 4.78 is 0. The van der Waals surface area contributed by atoms with Gasteiger partial charge in [-0.3, -0.25) is 4.79 Å². The second-order valence-electron chi connectivity index (χ2n) is 3.54. The van der Waals surface area contributed by atoms with E-state index < -0.39 is 0 Å². The molecule has 2 aromatic rings. The number of carbonyl (C=O) groups excluding carboxylic acids is 1. The Morgan fingerprint density at radius 3 is 2.44 bits per heavy atom. The lowest BCUT2D eigenvalue weighted by atomic mass is 9.99. The van der Waals surface area contributed by atoms with E-state index in [2.05, 4.69) is 15.9 Å². The second kappa shape index (κ2) is 5.08. The Kier molecular flexibility index (Phi) is 3.52. The number of hydrogen-bond donors (Lipinski definition) is 0. The molecule has 0 bridgehead atoms. The lowest BCUT2D eigenvalue weighted by Crippen LogP contribution is -1.89. The highest BCUT2D eigenvalue weighted by Crippen LogP contribution is 2.24. The van der Waals surface area contributed by atoms with Crippen molar-refractivity contribution in [1.82, 2.24) is 0 Å². The zero-order valence-corrected chi connectivity index (χ0v) is 10.3. The SMILES string of the molecule is O=Cc1cc(CBr)ccc1-c1ccccc1. The van der Waals surface area contributed by atoms with Gasteiger partial charge in [0.15, 0.2) is 6.29 Å². The van der Waals surface area contributed by atoms with Gasteiger partial charge in [0.1, 0.15) is 0 Å². The maximum Gasteiger partial charge on any atom is 0.150 e. The molecule has 0 aliphatic heterocycles. The zero-order valence-electron chi connectivity index (χ0n) is 8.69. The maximum absolute atomic E-state index is 11.1. The highest BCUT2D eigenvalue weighted by Gasteiger charge is 2.04. The summed E-state index contributed by atoms with van der Waals surface area (Å²) in [6.07, 6.45) is 0.911. The van der Waals surface area contributed by atoms with Crippen LogP contribution in [0.5, 0.6) is 0 Å². The van der Waals surface area contributed by atoms with E-state index >= 15 is 0 Å². The normalized spacial score (nSPS) is 10.1. The van der Waals surface area contributed by atoms with Crippen molar-refractivity contribution in [3.05, 3.63) is 59.7 Å². The zero-order chi connectivity index (χ0) is 11.4. The number of rotatable bonds is 3. The van der Waals surface area contributed by atoms with E-state index in [-0.39, 0.29) is 0 Å². The van der Waals surface area contributed by atoms with E-state index in [0.29, 0.717) is 0 Å². The molecule has 0 amide bonds. The number of aldehydes is 1. The van der Waals surface area contributed by atoms with E-state index in [4.69, 9.17) is 0 Å². The highest BCUT2D eigenvalue weighted by molar-refractivity contribution is 9.08. The predicted octanol–water partition coefficient (Wildman–Crippen LogP) is 4.06. The molecule has 0 spiro atoms. The minimum absolute atomic E-state index is 0.739. The predicted molar refractivity (Wildman–Crippen MR) is 69.9 cm³/mol. The fourth-order valence-electron chi connectivity index (χ4n) is 1.67. The minimum Gasteiger partial charge on any atom is -0.298 e. The third kappa shape index (κ3) is 2.22. The third-order valence-electron chi connectivity index (χ3n) is 2.48. The van der Waals surface area contributed by atoms with Gasteiger partial charge in [0.2, 0.25) is 0 Å². The van der Waals surface area contributed by atoms with Gasteiger partial charge in [0, 0.05) is 10.9 Å². The summed E-state index contributed by atoms with van der Waals surface area (Å²) in [6.45, 7) is 0. The summed E-state index contributed by atoms with van der Waals surface area (Å²) in [4.78, 5) is 11.1. The Morgan fingerprint density at radius 2 is 1.81 bits per heavy atom. The van der Waals surface area contributed by atoms with E-state index in [9.17, 15) is 4.79 Å². The Morgan fingerprint density at radius 1 is 1.06 bits per heavy atom. The Balaban J connectivity index is 2.53. The van der Waals surface area contributed by atoms with E-state index in [1.54, 1.807) is 0 Å². The largest absolute Gasteiger partial charge is 0.298 e. The van der Waals surface area contributed by atoms with Gasteiger partial charge in [-0.25, -0.2) is 0 Å². The van der Waals surface area contributed by atoms with E-state index in [1.807, 2.05) is 48.5 Å². The van der Waals surface area contributed by atoms with Gasteiger partial charge in [-0.2, -0.15) is 0 Å². The van der Waals surface area contributed by atoms with Crippen molar-refractivity contribution in [3.63, 3.8) is 0 Å². The molecule has 0 saturated carbocycles. The first-order chi connectivity index (χ1) is 7.85. The Bertz CT molecular complexity index is 491. The van der Waals surface area contributed by atoms with Gasteiger partial charge in [0.25, 0.3) is 0 Å². The molecule has 16 heavy (non-hydrogen) atoms. The van der Waals surface area contributed by atoms with Crippen LogP contribution in [0.1, 0.15) is 15.9 Å². The van der Waals surface area contributed by atoms with Gasteiger partial charge in [0.05, 0.1) is 0 Å². The van der Waals surface area contributed by atoms with Crippen LogP contribution in [0.15, 0.2) is 48.5 Å². The van der Waals surface area contributed by atoms with Gasteiger partial charge in [-0.1, -0.05) is 58.4 Å². The van der Waals surface area contributed by atoms with Crippen LogP contribution < -0.4 is 0 Å². The van der Waals surface area contributed by atoms with Crippen LogP contribution >= 0.6 is 15.9 Å². The summed E-state index contributed by atoms with van der Waals surface area (Å²) in [5.74, 6) is 0. The molecule has 80 valence electrons. The van der Waals surface area contributed by atoms with Crippen LogP contribution in [0, 0.1) is 0 Å². The molecule has 0 N–H and O–H groups in total. The van der Waals surface area contributed by atoms with Crippen LogP contribution in [0.3, 0.4) is 0 Å². The van der Waals surface area contributed by atoms with Crippen molar-refractivity contribution in [2.45, 2.75) is 5.33 Å². The minimum atomic E-state index is 0.739. The number of hydrogen-bond acceptors (Lipinski definition) is 1. The lowest BCUT2D eigenvalue weighted by molar-refractivity contribution is 0.112. The molecule has 0 atom stereocenters. The van der Waals surface area contributed by atoms with Crippen molar-refractivity contribution in [2.75, 3.05) is 0 Å². The van der Waals surface area contributed by atoms with Crippen molar-refractivity contribution < 1.29 is 4.79 Å². The molecule has 0 fully saturated rings. The molecule has 2 aromatic carbocycles. The monoisotopic (exact) mass is 274 g/mol. The smallest absolute Gasteiger partial charge is 0.150 e. The van der Waals surface area contributed by atoms with Gasteiger partial charge in [-0.05, 0) is 22.8 Å². The molecule has 0 saturated heterocycles. The van der Waals surface area contributed by atoms with Crippen LogP contribution in [0.4, 0.5) is 0 Å².